The number of hydrogen-bond donors (Lipinski definition) is 2. The van der Waals surface area contributed by atoms with Crippen molar-refractivity contribution in [1.82, 2.24) is 9.44 Å². The van der Waals surface area contributed by atoms with Gasteiger partial charge >= 0.3 is 11.9 Å². The Kier molecular flexibility index (Phi) is 15.7. The van der Waals surface area contributed by atoms with Gasteiger partial charge in [-0.15, -0.1) is 0 Å². The molecule has 12 nitrogen and oxygen atoms in total. The Balaban J connectivity index is 1.24. The molecule has 310 valence electrons. The molecule has 0 amide bonds. The van der Waals surface area contributed by atoms with Gasteiger partial charge in [0.15, 0.2) is 34.8 Å². The first-order chi connectivity index (χ1) is 27.4. The van der Waals surface area contributed by atoms with Crippen LogP contribution < -0.4 is 18.9 Å². The van der Waals surface area contributed by atoms with E-state index in [0.29, 0.717) is 0 Å². The van der Waals surface area contributed by atoms with Gasteiger partial charge in [-0.2, -0.15) is 0 Å². The largest absolute Gasteiger partial charge is 0.463 e. The molecule has 0 spiro atoms. The van der Waals surface area contributed by atoms with Crippen LogP contribution in [-0.4, -0.2) is 55.1 Å². The lowest BCUT2D eigenvalue weighted by atomic mass is 10.1. The fraction of sp³-hybridized carbons (Fsp3) is 0.250. The number of nitrogens with one attached hydrogen (secondary N) is 2. The lowest BCUT2D eigenvalue weighted by Gasteiger charge is -2.11. The molecule has 18 heteroatoms. The topological polar surface area (TPSA) is 163 Å². The minimum Gasteiger partial charge on any atom is -0.463 e. The summed E-state index contributed by atoms with van der Waals surface area (Å²) in [6.07, 6.45) is 3.00. The summed E-state index contributed by atoms with van der Waals surface area (Å²) < 4.78 is 135. The Hall–Kier alpha value is -5.56. The van der Waals surface area contributed by atoms with Crippen LogP contribution in [0, 0.1) is 23.3 Å². The van der Waals surface area contributed by atoms with E-state index in [1.807, 2.05) is 0 Å². The molecule has 0 aliphatic rings. The summed E-state index contributed by atoms with van der Waals surface area (Å²) in [6.45, 7) is 6.31. The number of esters is 2. The molecule has 0 aromatic heterocycles. The van der Waals surface area contributed by atoms with Gasteiger partial charge in [-0.1, -0.05) is 0 Å². The molecule has 0 heterocycles. The van der Waals surface area contributed by atoms with Crippen molar-refractivity contribution in [2.45, 2.75) is 50.3 Å². The molecule has 0 fully saturated rings. The van der Waals surface area contributed by atoms with Crippen LogP contribution in [0.5, 0.6) is 23.0 Å². The minimum atomic E-state index is -4.01. The van der Waals surface area contributed by atoms with Crippen LogP contribution in [0.2, 0.25) is 0 Å². The summed E-state index contributed by atoms with van der Waals surface area (Å²) in [5, 5.41) is 0. The van der Waals surface area contributed by atoms with Gasteiger partial charge in [0.05, 0.1) is 23.0 Å². The lowest BCUT2D eigenvalue weighted by Crippen LogP contribution is -2.27. The number of rotatable bonds is 19. The number of hydrogen-bond acceptors (Lipinski definition) is 10. The molecule has 0 radical (unpaired) electrons. The van der Waals surface area contributed by atoms with E-state index in [9.17, 15) is 44.0 Å². The van der Waals surface area contributed by atoms with E-state index in [0.717, 1.165) is 24.3 Å². The quantitative estimate of drug-likeness (QED) is 0.0412. The fourth-order valence-electron chi connectivity index (χ4n) is 5.07. The number of unbranched alkanes of at least 4 members (excludes halogenated alkanes) is 1. The molecule has 58 heavy (non-hydrogen) atoms. The predicted octanol–water partition coefficient (Wildman–Crippen LogP) is 7.80. The molecule has 0 atom stereocenters. The van der Waals surface area contributed by atoms with Gasteiger partial charge in [-0.05, 0) is 137 Å². The molecular formula is C40H40F4N2O10S2. The van der Waals surface area contributed by atoms with E-state index >= 15 is 0 Å². The fourth-order valence-corrected chi connectivity index (χ4v) is 7.22. The third-order valence-corrected chi connectivity index (χ3v) is 10.9. The summed E-state index contributed by atoms with van der Waals surface area (Å²) in [7, 11) is -8.03. The van der Waals surface area contributed by atoms with Crippen molar-refractivity contribution in [2.75, 3.05) is 26.3 Å². The summed E-state index contributed by atoms with van der Waals surface area (Å²) >= 11 is 0. The maximum absolute atomic E-state index is 14.7. The van der Waals surface area contributed by atoms with Crippen molar-refractivity contribution < 1.29 is 62.9 Å². The van der Waals surface area contributed by atoms with Gasteiger partial charge in [-0.3, -0.25) is 0 Å². The zero-order valence-electron chi connectivity index (χ0n) is 31.7. The highest BCUT2D eigenvalue weighted by molar-refractivity contribution is 7.89. The Morgan fingerprint density at radius 1 is 0.569 bits per heavy atom. The zero-order valence-corrected chi connectivity index (χ0v) is 33.4. The number of halogens is 4. The Morgan fingerprint density at radius 2 is 0.879 bits per heavy atom. The van der Waals surface area contributed by atoms with Gasteiger partial charge < -0.3 is 18.9 Å². The van der Waals surface area contributed by atoms with Gasteiger partial charge in [-0.25, -0.2) is 53.4 Å². The third kappa shape index (κ3) is 12.5. The standard InChI is InChI=1S/C40H40F4N2O10S2/c1-5-53-39(47)25(3)19-27-21-33(41)37(34(42)22-27)55-29-9-13-31(14-10-29)57(49,50)45-17-7-8-18-46-58(51,52)32-15-11-30(12-16-32)56-38-35(43)23-28(24-36(38)44)20-26(4)40(48)54-6-2/h9-16,19-24,45-46H,5-8,17-18H2,1-4H3. The van der Waals surface area contributed by atoms with Gasteiger partial charge in [0, 0.05) is 24.2 Å². The Labute approximate surface area is 333 Å². The SMILES string of the molecule is CCOC(=O)C(C)=Cc1cc(F)c(Oc2ccc(S(=O)(=O)NCCCCNS(=O)(=O)c3ccc(Oc4c(F)cc(C=C(C)C(=O)OCC)cc4F)cc3)cc2)c(F)c1. The van der Waals surface area contributed by atoms with E-state index in [4.69, 9.17) is 18.9 Å². The Morgan fingerprint density at radius 3 is 1.17 bits per heavy atom. The first-order valence-corrected chi connectivity index (χ1v) is 20.6. The molecule has 0 saturated heterocycles. The van der Waals surface area contributed by atoms with Crippen LogP contribution in [0.3, 0.4) is 0 Å². The van der Waals surface area contributed by atoms with E-state index in [1.165, 1.54) is 74.5 Å². The molecule has 4 rings (SSSR count). The smallest absolute Gasteiger partial charge is 0.333 e. The van der Waals surface area contributed by atoms with Crippen LogP contribution in [-0.2, 0) is 39.1 Å². The predicted molar refractivity (Wildman–Crippen MR) is 206 cm³/mol. The third-order valence-electron chi connectivity index (χ3n) is 7.90. The van der Waals surface area contributed by atoms with Crippen LogP contribution >= 0.6 is 0 Å². The Bertz CT molecular complexity index is 2190. The maximum atomic E-state index is 14.7. The van der Waals surface area contributed by atoms with E-state index in [2.05, 4.69) is 9.44 Å². The summed E-state index contributed by atoms with van der Waals surface area (Å²) in [4.78, 5) is 23.3. The molecule has 0 bridgehead atoms. The summed E-state index contributed by atoms with van der Waals surface area (Å²) in [6, 6.07) is 13.4. The van der Waals surface area contributed by atoms with Crippen molar-refractivity contribution in [2.24, 2.45) is 0 Å². The molecule has 2 N–H and O–H groups in total. The van der Waals surface area contributed by atoms with E-state index < -0.39 is 66.8 Å². The first-order valence-electron chi connectivity index (χ1n) is 17.7. The molecule has 0 aliphatic heterocycles. The first kappa shape index (κ1) is 45.1. The molecule has 0 aliphatic carbocycles. The average Bonchev–Trinajstić information content (AvgIpc) is 3.16. The number of carbonyl (C=O) groups excluding carboxylic acids is 2. The number of ether oxygens (including phenoxy) is 4. The number of carbonyl (C=O) groups is 2. The second kappa shape index (κ2) is 20.2. The second-order valence-electron chi connectivity index (χ2n) is 12.4. The molecule has 0 unspecified atom stereocenters. The van der Waals surface area contributed by atoms with E-state index in [1.54, 1.807) is 13.8 Å². The van der Waals surface area contributed by atoms with Crippen LogP contribution in [0.25, 0.3) is 12.2 Å². The summed E-state index contributed by atoms with van der Waals surface area (Å²) in [5.74, 6) is -7.06. The van der Waals surface area contributed by atoms with Gasteiger partial charge in [0.25, 0.3) is 0 Å². The van der Waals surface area contributed by atoms with Crippen LogP contribution in [0.15, 0.2) is 93.7 Å². The molecule has 4 aromatic carbocycles. The molecule has 0 saturated carbocycles. The molecular weight excluding hydrogens is 809 g/mol. The van der Waals surface area contributed by atoms with Crippen molar-refractivity contribution in [1.29, 1.82) is 0 Å². The minimum absolute atomic E-state index is 0.0450. The van der Waals surface area contributed by atoms with Crippen molar-refractivity contribution in [3.05, 3.63) is 118 Å². The zero-order chi connectivity index (χ0) is 42.6. The highest BCUT2D eigenvalue weighted by Crippen LogP contribution is 2.32. The van der Waals surface area contributed by atoms with Crippen molar-refractivity contribution in [3.8, 4) is 23.0 Å². The summed E-state index contributed by atoms with van der Waals surface area (Å²) in [5.41, 5.74) is 0.397. The van der Waals surface area contributed by atoms with Crippen molar-refractivity contribution in [3.63, 3.8) is 0 Å². The van der Waals surface area contributed by atoms with Crippen molar-refractivity contribution >= 4 is 44.1 Å². The lowest BCUT2D eigenvalue weighted by molar-refractivity contribution is -0.139. The maximum Gasteiger partial charge on any atom is 0.333 e. The second-order valence-corrected chi connectivity index (χ2v) is 15.9. The number of benzene rings is 4. The van der Waals surface area contributed by atoms with Crippen LogP contribution in [0.4, 0.5) is 17.6 Å². The normalized spacial score (nSPS) is 12.3. The van der Waals surface area contributed by atoms with E-state index in [-0.39, 0.29) is 82.7 Å². The van der Waals surface area contributed by atoms with Crippen LogP contribution in [0.1, 0.15) is 51.7 Å². The molecule has 4 aromatic rings. The van der Waals surface area contributed by atoms with Gasteiger partial charge in [0.2, 0.25) is 20.0 Å². The monoisotopic (exact) mass is 848 g/mol. The number of sulfonamides is 2. The highest BCUT2D eigenvalue weighted by atomic mass is 32.2. The average molecular weight is 849 g/mol. The van der Waals surface area contributed by atoms with Gasteiger partial charge in [0.1, 0.15) is 11.5 Å². The highest BCUT2D eigenvalue weighted by Gasteiger charge is 2.19.